The molecule has 0 saturated heterocycles. The Bertz CT molecular complexity index is 301. The Hall–Kier alpha value is -0.190. The monoisotopic (exact) mass is 323 g/mol. The lowest BCUT2D eigenvalue weighted by Crippen LogP contribution is -2.46. The molecule has 0 spiro atoms. The third kappa shape index (κ3) is 3.65. The molecule has 5 heteroatoms. The largest absolute Gasteiger partial charge is 0.352 e. The van der Waals surface area contributed by atoms with Crippen molar-refractivity contribution in [1.82, 2.24) is 5.32 Å². The highest BCUT2D eigenvalue weighted by atomic mass is 79.9. The first-order valence-corrected chi connectivity index (χ1v) is 7.72. The van der Waals surface area contributed by atoms with E-state index in [1.807, 2.05) is 0 Å². The molecule has 2 unspecified atom stereocenters. The number of amides is 1. The Morgan fingerprint density at radius 2 is 1.72 bits per heavy atom. The topological polar surface area (TPSA) is 29.1 Å². The number of nitrogens with one attached hydrogen (secondary N) is 1. The normalized spacial score (nSPS) is 33.1. The average Bonchev–Trinajstić information content (AvgIpc) is 2.32. The van der Waals surface area contributed by atoms with Gasteiger partial charge in [-0.1, -0.05) is 28.8 Å². The van der Waals surface area contributed by atoms with E-state index in [1.54, 1.807) is 0 Å². The Morgan fingerprint density at radius 1 is 1.11 bits per heavy atom. The summed E-state index contributed by atoms with van der Waals surface area (Å²) in [4.78, 5) is 12.4. The van der Waals surface area contributed by atoms with E-state index < -0.39 is 5.92 Å². The minimum Gasteiger partial charge on any atom is -0.352 e. The van der Waals surface area contributed by atoms with Gasteiger partial charge in [-0.2, -0.15) is 0 Å². The summed E-state index contributed by atoms with van der Waals surface area (Å²) in [5.74, 6) is -2.80. The van der Waals surface area contributed by atoms with E-state index in [4.69, 9.17) is 0 Å². The van der Waals surface area contributed by atoms with Crippen LogP contribution in [0.4, 0.5) is 8.78 Å². The maximum absolute atomic E-state index is 13.0. The second-order valence-corrected chi connectivity index (χ2v) is 6.72. The van der Waals surface area contributed by atoms with Crippen LogP contribution in [-0.2, 0) is 4.79 Å². The van der Waals surface area contributed by atoms with Gasteiger partial charge in [0, 0.05) is 29.6 Å². The van der Waals surface area contributed by atoms with Crippen LogP contribution in [0.5, 0.6) is 0 Å². The molecule has 2 aliphatic carbocycles. The summed E-state index contributed by atoms with van der Waals surface area (Å²) in [6, 6.07) is 0.175. The first kappa shape index (κ1) is 14.2. The number of rotatable bonds is 2. The highest BCUT2D eigenvalue weighted by Gasteiger charge is 2.38. The molecule has 2 saturated carbocycles. The van der Waals surface area contributed by atoms with Crippen LogP contribution in [0.25, 0.3) is 0 Å². The molecule has 0 radical (unpaired) electrons. The lowest BCUT2D eigenvalue weighted by atomic mass is 9.85. The van der Waals surface area contributed by atoms with Crippen molar-refractivity contribution >= 4 is 21.8 Å². The fourth-order valence-electron chi connectivity index (χ4n) is 2.85. The number of hydrogen-bond donors (Lipinski definition) is 1. The zero-order valence-corrected chi connectivity index (χ0v) is 12.0. The quantitative estimate of drug-likeness (QED) is 0.772. The summed E-state index contributed by atoms with van der Waals surface area (Å²) < 4.78 is 26.0. The highest BCUT2D eigenvalue weighted by Crippen LogP contribution is 2.36. The molecule has 0 aromatic rings. The van der Waals surface area contributed by atoms with Crippen molar-refractivity contribution in [3.05, 3.63) is 0 Å². The summed E-state index contributed by atoms with van der Waals surface area (Å²) in [5, 5.41) is 3.03. The molecular formula is C13H20BrF2NO. The van der Waals surface area contributed by atoms with Gasteiger partial charge in [-0.15, -0.1) is 0 Å². The molecule has 0 bridgehead atoms. The summed E-state index contributed by atoms with van der Waals surface area (Å²) in [6.07, 6.45) is 4.74. The molecule has 18 heavy (non-hydrogen) atoms. The summed E-state index contributed by atoms with van der Waals surface area (Å²) in [6.45, 7) is 0. The van der Waals surface area contributed by atoms with Gasteiger partial charge in [0.2, 0.25) is 11.8 Å². The van der Waals surface area contributed by atoms with Crippen LogP contribution in [0.15, 0.2) is 0 Å². The van der Waals surface area contributed by atoms with E-state index in [9.17, 15) is 13.6 Å². The molecule has 1 amide bonds. The lowest BCUT2D eigenvalue weighted by molar-refractivity contribution is -0.130. The minimum atomic E-state index is -2.56. The molecule has 2 atom stereocenters. The zero-order valence-electron chi connectivity index (χ0n) is 10.4. The molecule has 104 valence electrons. The van der Waals surface area contributed by atoms with E-state index in [1.165, 1.54) is 6.42 Å². The Kier molecular flexibility index (Phi) is 4.62. The van der Waals surface area contributed by atoms with Gasteiger partial charge in [-0.25, -0.2) is 8.78 Å². The van der Waals surface area contributed by atoms with Gasteiger partial charge in [0.15, 0.2) is 0 Å². The van der Waals surface area contributed by atoms with E-state index in [0.29, 0.717) is 17.7 Å². The molecule has 2 nitrogen and oxygen atoms in total. The van der Waals surface area contributed by atoms with Crippen LogP contribution in [0.3, 0.4) is 0 Å². The van der Waals surface area contributed by atoms with Gasteiger partial charge in [0.1, 0.15) is 0 Å². The Balaban J connectivity index is 1.81. The first-order chi connectivity index (χ1) is 8.48. The van der Waals surface area contributed by atoms with Crippen LogP contribution in [0, 0.1) is 5.92 Å². The predicted molar refractivity (Wildman–Crippen MR) is 70.0 cm³/mol. The second kappa shape index (κ2) is 5.85. The molecule has 1 N–H and O–H groups in total. The van der Waals surface area contributed by atoms with Crippen molar-refractivity contribution in [2.45, 2.75) is 68.2 Å². The van der Waals surface area contributed by atoms with Crippen LogP contribution < -0.4 is 5.32 Å². The van der Waals surface area contributed by atoms with Gasteiger partial charge in [0.05, 0.1) is 0 Å². The maximum Gasteiger partial charge on any atom is 0.248 e. The Labute approximate surface area is 115 Å². The smallest absolute Gasteiger partial charge is 0.248 e. The molecule has 0 aliphatic heterocycles. The van der Waals surface area contributed by atoms with Crippen molar-refractivity contribution in [2.75, 3.05) is 0 Å². The Morgan fingerprint density at radius 3 is 2.33 bits per heavy atom. The van der Waals surface area contributed by atoms with Gasteiger partial charge in [-0.3, -0.25) is 4.79 Å². The van der Waals surface area contributed by atoms with Gasteiger partial charge in [0.25, 0.3) is 0 Å². The molecule has 2 aliphatic rings. The van der Waals surface area contributed by atoms with Crippen molar-refractivity contribution in [3.8, 4) is 0 Å². The molecule has 0 aromatic heterocycles. The molecule has 0 heterocycles. The molecule has 0 aromatic carbocycles. The fraction of sp³-hybridized carbons (Fsp3) is 0.923. The van der Waals surface area contributed by atoms with Crippen LogP contribution >= 0.6 is 15.9 Å². The van der Waals surface area contributed by atoms with E-state index in [-0.39, 0.29) is 30.7 Å². The molecular weight excluding hydrogens is 304 g/mol. The number of hydrogen-bond acceptors (Lipinski definition) is 1. The number of carbonyl (C=O) groups is 1. The van der Waals surface area contributed by atoms with Crippen LogP contribution in [0.1, 0.15) is 51.4 Å². The van der Waals surface area contributed by atoms with Crippen molar-refractivity contribution in [1.29, 1.82) is 0 Å². The summed E-state index contributed by atoms with van der Waals surface area (Å²) in [5.41, 5.74) is 0. The standard InChI is InChI=1S/C13H20BrF2NO/c14-10-3-1-2-4-11(10)17-12(18)9-5-7-13(15,16)8-6-9/h9-11H,1-8H2,(H,17,18). The predicted octanol–water partition coefficient (Wildman–Crippen LogP) is 3.63. The zero-order chi connectivity index (χ0) is 13.2. The van der Waals surface area contributed by atoms with E-state index in [0.717, 1.165) is 19.3 Å². The van der Waals surface area contributed by atoms with Gasteiger partial charge >= 0.3 is 0 Å². The van der Waals surface area contributed by atoms with Crippen LogP contribution in [-0.4, -0.2) is 22.7 Å². The molecule has 2 fully saturated rings. The summed E-state index contributed by atoms with van der Waals surface area (Å²) >= 11 is 3.59. The third-order valence-electron chi connectivity index (χ3n) is 4.10. The van der Waals surface area contributed by atoms with Crippen LogP contribution in [0.2, 0.25) is 0 Å². The van der Waals surface area contributed by atoms with Gasteiger partial charge in [-0.05, 0) is 25.7 Å². The SMILES string of the molecule is O=C(NC1CCCCC1Br)C1CCC(F)(F)CC1. The first-order valence-electron chi connectivity index (χ1n) is 6.80. The lowest BCUT2D eigenvalue weighted by Gasteiger charge is -2.32. The summed E-state index contributed by atoms with van der Waals surface area (Å²) in [7, 11) is 0. The minimum absolute atomic E-state index is 0.0261. The van der Waals surface area contributed by atoms with E-state index >= 15 is 0 Å². The van der Waals surface area contributed by atoms with Crippen molar-refractivity contribution < 1.29 is 13.6 Å². The number of halogens is 3. The average molecular weight is 324 g/mol. The van der Waals surface area contributed by atoms with Gasteiger partial charge < -0.3 is 5.32 Å². The van der Waals surface area contributed by atoms with Crippen molar-refractivity contribution in [3.63, 3.8) is 0 Å². The third-order valence-corrected chi connectivity index (χ3v) is 5.19. The fourth-order valence-corrected chi connectivity index (χ4v) is 3.57. The molecule has 2 rings (SSSR count). The van der Waals surface area contributed by atoms with Crippen molar-refractivity contribution in [2.24, 2.45) is 5.92 Å². The number of alkyl halides is 3. The second-order valence-electron chi connectivity index (χ2n) is 5.55. The number of carbonyl (C=O) groups excluding carboxylic acids is 1. The maximum atomic E-state index is 13.0. The van der Waals surface area contributed by atoms with E-state index in [2.05, 4.69) is 21.2 Å². The highest BCUT2D eigenvalue weighted by molar-refractivity contribution is 9.09.